The summed E-state index contributed by atoms with van der Waals surface area (Å²) in [7, 11) is 1.55. The lowest BCUT2D eigenvalue weighted by Gasteiger charge is -2.29. The molecular formula is C28H41N5O6. The molecule has 1 amide bonds. The number of methoxy groups -OCH3 is 1. The normalized spacial score (nSPS) is 20.3. The van der Waals surface area contributed by atoms with Gasteiger partial charge in [-0.2, -0.15) is 5.10 Å². The number of aryl methyl sites for hydroxylation is 1. The fraction of sp³-hybridized carbons (Fsp3) is 0.607. The number of amides is 1. The molecule has 3 unspecified atom stereocenters. The van der Waals surface area contributed by atoms with Gasteiger partial charge in [0.15, 0.2) is 11.5 Å². The molecule has 2 aliphatic heterocycles. The van der Waals surface area contributed by atoms with Gasteiger partial charge in [-0.3, -0.25) is 19.2 Å². The van der Waals surface area contributed by atoms with Crippen molar-refractivity contribution in [2.45, 2.75) is 57.5 Å². The molecule has 0 saturated carbocycles. The summed E-state index contributed by atoms with van der Waals surface area (Å²) in [6.45, 7) is 5.29. The summed E-state index contributed by atoms with van der Waals surface area (Å²) < 4.78 is 18.5. The van der Waals surface area contributed by atoms with Crippen LogP contribution in [0.4, 0.5) is 0 Å². The molecule has 1 aromatic carbocycles. The number of carboxylic acid groups (broad SMARTS) is 1. The Hall–Kier alpha value is -3.31. The van der Waals surface area contributed by atoms with Crippen LogP contribution in [-0.2, 0) is 16.1 Å². The van der Waals surface area contributed by atoms with Gasteiger partial charge in [-0.05, 0) is 56.0 Å². The number of hydrogen-bond acceptors (Lipinski definition) is 8. The number of carbonyl (C=O) groups excluding carboxylic acids is 1. The first kappa shape index (κ1) is 28.7. The third-order valence-electron chi connectivity index (χ3n) is 7.71. The van der Waals surface area contributed by atoms with Crippen LogP contribution in [0.1, 0.15) is 50.5 Å². The summed E-state index contributed by atoms with van der Waals surface area (Å²) in [5, 5.41) is 14.8. The van der Waals surface area contributed by atoms with Crippen LogP contribution in [0, 0.1) is 5.92 Å². The smallest absolute Gasteiger partial charge is 0.308 e. The van der Waals surface area contributed by atoms with Crippen LogP contribution in [0.5, 0.6) is 17.2 Å². The van der Waals surface area contributed by atoms with Gasteiger partial charge in [0, 0.05) is 50.5 Å². The van der Waals surface area contributed by atoms with E-state index < -0.39 is 11.9 Å². The second-order valence-corrected chi connectivity index (χ2v) is 10.2. The number of aliphatic carboxylic acids is 1. The number of aromatic nitrogens is 2. The van der Waals surface area contributed by atoms with E-state index in [0.29, 0.717) is 56.4 Å². The molecule has 0 spiro atoms. The molecule has 0 aliphatic carbocycles. The zero-order chi connectivity index (χ0) is 27.8. The van der Waals surface area contributed by atoms with E-state index in [4.69, 9.17) is 19.9 Å². The average Bonchev–Trinajstić information content (AvgIpc) is 3.69. The maximum atomic E-state index is 13.6. The first-order valence-corrected chi connectivity index (χ1v) is 13.9. The van der Waals surface area contributed by atoms with Crippen LogP contribution in [-0.4, -0.2) is 89.2 Å². The minimum atomic E-state index is -0.886. The number of ether oxygens (including phenoxy) is 3. The van der Waals surface area contributed by atoms with Crippen molar-refractivity contribution in [1.82, 2.24) is 19.6 Å². The summed E-state index contributed by atoms with van der Waals surface area (Å²) >= 11 is 0. The van der Waals surface area contributed by atoms with E-state index in [1.54, 1.807) is 18.0 Å². The number of unbranched alkanes of at least 4 members (excludes halogenated alkanes) is 2. The van der Waals surface area contributed by atoms with Crippen molar-refractivity contribution in [3.63, 3.8) is 0 Å². The van der Waals surface area contributed by atoms with E-state index in [1.165, 1.54) is 0 Å². The second kappa shape index (κ2) is 13.7. The van der Waals surface area contributed by atoms with Crippen molar-refractivity contribution in [2.75, 3.05) is 46.6 Å². The summed E-state index contributed by atoms with van der Waals surface area (Å²) in [4.78, 5) is 30.3. The van der Waals surface area contributed by atoms with Crippen molar-refractivity contribution in [3.05, 3.63) is 36.2 Å². The molecule has 3 atom stereocenters. The highest BCUT2D eigenvalue weighted by atomic mass is 16.7. The fourth-order valence-electron chi connectivity index (χ4n) is 5.68. The number of benzene rings is 1. The third-order valence-corrected chi connectivity index (χ3v) is 7.71. The first-order chi connectivity index (χ1) is 19.0. The monoisotopic (exact) mass is 543 g/mol. The van der Waals surface area contributed by atoms with Crippen LogP contribution in [0.25, 0.3) is 0 Å². The molecule has 4 rings (SSSR count). The van der Waals surface area contributed by atoms with Gasteiger partial charge in [0.1, 0.15) is 0 Å². The largest absolute Gasteiger partial charge is 0.493 e. The van der Waals surface area contributed by atoms with Crippen molar-refractivity contribution in [1.29, 1.82) is 0 Å². The van der Waals surface area contributed by atoms with Crippen molar-refractivity contribution >= 4 is 11.9 Å². The van der Waals surface area contributed by atoms with Crippen molar-refractivity contribution in [2.24, 2.45) is 11.7 Å². The number of nitrogens with two attached hydrogens (primary N) is 1. The molecule has 2 aliphatic rings. The number of fused-ring (bicyclic) bond motifs is 1. The van der Waals surface area contributed by atoms with Crippen LogP contribution in [0.3, 0.4) is 0 Å². The van der Waals surface area contributed by atoms with E-state index in [-0.39, 0.29) is 31.2 Å². The summed E-state index contributed by atoms with van der Waals surface area (Å²) in [5.74, 6) is -0.362. The van der Waals surface area contributed by atoms with E-state index in [1.807, 2.05) is 34.2 Å². The van der Waals surface area contributed by atoms with Gasteiger partial charge in [0.2, 0.25) is 18.4 Å². The second-order valence-electron chi connectivity index (χ2n) is 10.2. The molecule has 39 heavy (non-hydrogen) atoms. The van der Waals surface area contributed by atoms with Crippen LogP contribution >= 0.6 is 0 Å². The maximum Gasteiger partial charge on any atom is 0.308 e. The van der Waals surface area contributed by atoms with Crippen molar-refractivity contribution in [3.8, 4) is 17.2 Å². The molecule has 3 heterocycles. The number of rotatable bonds is 15. The van der Waals surface area contributed by atoms with E-state index in [2.05, 4.69) is 12.0 Å². The predicted octanol–water partition coefficient (Wildman–Crippen LogP) is 2.55. The Balaban J connectivity index is 1.61. The van der Waals surface area contributed by atoms with Gasteiger partial charge in [0.05, 0.1) is 19.6 Å². The number of hydrogen-bond donors (Lipinski definition) is 2. The quantitative estimate of drug-likeness (QED) is 0.325. The van der Waals surface area contributed by atoms with Crippen LogP contribution in [0.2, 0.25) is 0 Å². The molecule has 2 aromatic rings. The van der Waals surface area contributed by atoms with E-state index in [0.717, 1.165) is 31.2 Å². The van der Waals surface area contributed by atoms with Gasteiger partial charge >= 0.3 is 5.97 Å². The van der Waals surface area contributed by atoms with Gasteiger partial charge in [-0.1, -0.05) is 13.3 Å². The van der Waals surface area contributed by atoms with Gasteiger partial charge in [-0.25, -0.2) is 0 Å². The number of carboxylic acids is 1. The van der Waals surface area contributed by atoms with E-state index >= 15 is 0 Å². The molecule has 0 bridgehead atoms. The van der Waals surface area contributed by atoms with Gasteiger partial charge in [0.25, 0.3) is 0 Å². The Morgan fingerprint density at radius 2 is 2.05 bits per heavy atom. The molecule has 214 valence electrons. The van der Waals surface area contributed by atoms with Crippen molar-refractivity contribution < 1.29 is 28.9 Å². The first-order valence-electron chi connectivity index (χ1n) is 13.9. The zero-order valence-electron chi connectivity index (χ0n) is 23.0. The van der Waals surface area contributed by atoms with Crippen LogP contribution < -0.4 is 19.9 Å². The Kier molecular flexibility index (Phi) is 10.0. The SMILES string of the molecule is CCCCN(CCCCN)C(=O)CN1CC(c2cc(OC)c3c(c2)OCO3)C(C(=O)O)C1CCn1cccn1. The minimum Gasteiger partial charge on any atom is -0.493 e. The lowest BCUT2D eigenvalue weighted by atomic mass is 9.84. The van der Waals surface area contributed by atoms with Gasteiger partial charge < -0.3 is 30.0 Å². The Morgan fingerprint density at radius 1 is 1.23 bits per heavy atom. The average molecular weight is 544 g/mol. The molecule has 0 radical (unpaired) electrons. The van der Waals surface area contributed by atoms with Gasteiger partial charge in [-0.15, -0.1) is 0 Å². The molecule has 1 aromatic heterocycles. The summed E-state index contributed by atoms with van der Waals surface area (Å²) in [6, 6.07) is 5.18. The molecule has 11 heteroatoms. The number of likely N-dealkylation sites (tertiary alicyclic amines) is 1. The lowest BCUT2D eigenvalue weighted by Crippen LogP contribution is -2.45. The minimum absolute atomic E-state index is 0.0256. The molecule has 3 N–H and O–H groups in total. The standard InChI is InChI=1S/C28H41N5O6/c1-3-4-11-31(12-6-5-9-29)25(34)18-32-17-21(20-15-23(37-2)27-24(16-20)38-19-39-27)26(28(35)36)22(32)8-14-33-13-7-10-30-33/h7,10,13,15-16,21-22,26H,3-6,8-9,11-12,14,17-19,29H2,1-2H3,(H,35,36). The van der Waals surface area contributed by atoms with E-state index in [9.17, 15) is 14.7 Å². The lowest BCUT2D eigenvalue weighted by molar-refractivity contribution is -0.144. The third kappa shape index (κ3) is 6.83. The Morgan fingerprint density at radius 3 is 2.74 bits per heavy atom. The molecule has 11 nitrogen and oxygen atoms in total. The molecule has 1 saturated heterocycles. The number of nitrogens with zero attached hydrogens (tertiary/aromatic N) is 4. The molecule has 1 fully saturated rings. The zero-order valence-corrected chi connectivity index (χ0v) is 23.0. The Bertz CT molecular complexity index is 1090. The topological polar surface area (TPSA) is 132 Å². The van der Waals surface area contributed by atoms with Crippen LogP contribution in [0.15, 0.2) is 30.6 Å². The highest BCUT2D eigenvalue weighted by Crippen LogP contribution is 2.47. The predicted molar refractivity (Wildman–Crippen MR) is 145 cm³/mol. The summed E-state index contributed by atoms with van der Waals surface area (Å²) in [5.41, 5.74) is 6.48. The highest BCUT2D eigenvalue weighted by molar-refractivity contribution is 5.79. The Labute approximate surface area is 229 Å². The number of carbonyl (C=O) groups is 2. The maximum absolute atomic E-state index is 13.6. The molecular weight excluding hydrogens is 502 g/mol. The summed E-state index contributed by atoms with van der Waals surface area (Å²) in [6.07, 6.45) is 7.75. The fourth-order valence-corrected chi connectivity index (χ4v) is 5.68. The highest BCUT2D eigenvalue weighted by Gasteiger charge is 2.47.